The fraction of sp³-hybridized carbons (Fsp3) is 0.750. The molecule has 0 radical (unpaired) electrons. The first kappa shape index (κ1) is 11.9. The SMILES string of the molecule is CCC(C)NC(=O)NC(=O)C(C)N. The smallest absolute Gasteiger partial charge is 0.321 e. The van der Waals surface area contributed by atoms with Gasteiger partial charge >= 0.3 is 6.03 Å². The van der Waals surface area contributed by atoms with Crippen molar-refractivity contribution in [3.63, 3.8) is 0 Å². The van der Waals surface area contributed by atoms with Gasteiger partial charge in [-0.2, -0.15) is 0 Å². The van der Waals surface area contributed by atoms with Crippen molar-refractivity contribution in [2.24, 2.45) is 5.73 Å². The molecule has 5 heteroatoms. The van der Waals surface area contributed by atoms with Crippen LogP contribution in [0.15, 0.2) is 0 Å². The van der Waals surface area contributed by atoms with Crippen LogP contribution in [-0.4, -0.2) is 24.0 Å². The summed E-state index contributed by atoms with van der Waals surface area (Å²) in [6.45, 7) is 5.32. The standard InChI is InChI=1S/C8H17N3O2/c1-4-5(2)10-8(13)11-7(12)6(3)9/h5-6H,4,9H2,1-3H3,(H2,10,11,12,13). The predicted octanol–water partition coefficient (Wildman–Crippen LogP) is -0.0421. The van der Waals surface area contributed by atoms with Crippen molar-refractivity contribution < 1.29 is 9.59 Å². The van der Waals surface area contributed by atoms with E-state index >= 15 is 0 Å². The van der Waals surface area contributed by atoms with Gasteiger partial charge in [0.15, 0.2) is 0 Å². The summed E-state index contributed by atoms with van der Waals surface area (Å²) >= 11 is 0. The first-order valence-corrected chi connectivity index (χ1v) is 4.34. The summed E-state index contributed by atoms with van der Waals surface area (Å²) in [7, 11) is 0. The lowest BCUT2D eigenvalue weighted by Crippen LogP contribution is -2.48. The van der Waals surface area contributed by atoms with Crippen LogP contribution in [0.5, 0.6) is 0 Å². The highest BCUT2D eigenvalue weighted by Crippen LogP contribution is 1.86. The Kier molecular flexibility index (Phi) is 5.06. The fourth-order valence-electron chi connectivity index (χ4n) is 0.588. The molecule has 76 valence electrons. The predicted molar refractivity (Wildman–Crippen MR) is 50.1 cm³/mol. The lowest BCUT2D eigenvalue weighted by atomic mass is 10.3. The molecular formula is C8H17N3O2. The number of nitrogens with two attached hydrogens (primary N) is 1. The maximum Gasteiger partial charge on any atom is 0.321 e. The van der Waals surface area contributed by atoms with Crippen LogP contribution in [0.25, 0.3) is 0 Å². The van der Waals surface area contributed by atoms with E-state index in [-0.39, 0.29) is 6.04 Å². The fourth-order valence-corrected chi connectivity index (χ4v) is 0.588. The van der Waals surface area contributed by atoms with Gasteiger partial charge in [-0.05, 0) is 20.3 Å². The van der Waals surface area contributed by atoms with Crippen LogP contribution < -0.4 is 16.4 Å². The number of urea groups is 1. The highest BCUT2D eigenvalue weighted by Gasteiger charge is 2.12. The Labute approximate surface area is 78.1 Å². The van der Waals surface area contributed by atoms with Gasteiger partial charge in [0, 0.05) is 6.04 Å². The minimum absolute atomic E-state index is 0.0564. The first-order chi connectivity index (χ1) is 5.97. The summed E-state index contributed by atoms with van der Waals surface area (Å²) in [6.07, 6.45) is 0.819. The van der Waals surface area contributed by atoms with E-state index in [0.717, 1.165) is 6.42 Å². The van der Waals surface area contributed by atoms with Gasteiger partial charge in [0.1, 0.15) is 0 Å². The van der Waals surface area contributed by atoms with Gasteiger partial charge in [-0.3, -0.25) is 10.1 Å². The van der Waals surface area contributed by atoms with Gasteiger partial charge < -0.3 is 11.1 Å². The van der Waals surface area contributed by atoms with Crippen LogP contribution in [-0.2, 0) is 4.79 Å². The van der Waals surface area contributed by atoms with E-state index in [4.69, 9.17) is 5.73 Å². The summed E-state index contributed by atoms with van der Waals surface area (Å²) in [5, 5.41) is 4.72. The van der Waals surface area contributed by atoms with E-state index in [1.54, 1.807) is 0 Å². The van der Waals surface area contributed by atoms with E-state index in [2.05, 4.69) is 10.6 Å². The molecular weight excluding hydrogens is 170 g/mol. The van der Waals surface area contributed by atoms with E-state index in [0.29, 0.717) is 0 Å². The second-order valence-corrected chi connectivity index (χ2v) is 3.06. The maximum atomic E-state index is 11.0. The molecule has 13 heavy (non-hydrogen) atoms. The topological polar surface area (TPSA) is 84.2 Å². The van der Waals surface area contributed by atoms with Crippen LogP contribution in [0, 0.1) is 0 Å². The largest absolute Gasteiger partial charge is 0.335 e. The van der Waals surface area contributed by atoms with Crippen molar-refractivity contribution in [2.45, 2.75) is 39.3 Å². The van der Waals surface area contributed by atoms with E-state index in [9.17, 15) is 9.59 Å². The number of carbonyl (C=O) groups excluding carboxylic acids is 2. The monoisotopic (exact) mass is 187 g/mol. The molecule has 5 nitrogen and oxygen atoms in total. The van der Waals surface area contributed by atoms with E-state index in [1.165, 1.54) is 6.92 Å². The molecule has 0 fully saturated rings. The van der Waals surface area contributed by atoms with Gasteiger partial charge in [0.25, 0.3) is 0 Å². The van der Waals surface area contributed by atoms with Crippen molar-refractivity contribution in [3.05, 3.63) is 0 Å². The second kappa shape index (κ2) is 5.53. The van der Waals surface area contributed by atoms with E-state index in [1.807, 2.05) is 13.8 Å². The molecule has 2 atom stereocenters. The Morgan fingerprint density at radius 3 is 2.31 bits per heavy atom. The van der Waals surface area contributed by atoms with Crippen LogP contribution >= 0.6 is 0 Å². The lowest BCUT2D eigenvalue weighted by Gasteiger charge is -2.12. The summed E-state index contributed by atoms with van der Waals surface area (Å²) in [4.78, 5) is 22.0. The van der Waals surface area contributed by atoms with Gasteiger partial charge in [0.05, 0.1) is 6.04 Å². The van der Waals surface area contributed by atoms with Crippen molar-refractivity contribution in [2.75, 3.05) is 0 Å². The molecule has 0 aliphatic heterocycles. The molecule has 0 heterocycles. The Hall–Kier alpha value is -1.10. The molecule has 0 saturated heterocycles. The van der Waals surface area contributed by atoms with Crippen molar-refractivity contribution in [1.29, 1.82) is 0 Å². The molecule has 0 aromatic heterocycles. The highest BCUT2D eigenvalue weighted by atomic mass is 16.2. The number of hydrogen-bond donors (Lipinski definition) is 3. The molecule has 3 amide bonds. The molecule has 0 bridgehead atoms. The normalized spacial score (nSPS) is 14.5. The molecule has 2 unspecified atom stereocenters. The Morgan fingerprint density at radius 1 is 1.38 bits per heavy atom. The average Bonchev–Trinajstić information content (AvgIpc) is 2.03. The summed E-state index contributed by atoms with van der Waals surface area (Å²) in [5.41, 5.74) is 5.26. The van der Waals surface area contributed by atoms with Crippen molar-refractivity contribution in [1.82, 2.24) is 10.6 Å². The molecule has 0 aliphatic rings. The third-order valence-corrected chi connectivity index (χ3v) is 1.64. The molecule has 0 aromatic rings. The second-order valence-electron chi connectivity index (χ2n) is 3.06. The van der Waals surface area contributed by atoms with E-state index < -0.39 is 18.0 Å². The zero-order valence-corrected chi connectivity index (χ0v) is 8.26. The third-order valence-electron chi connectivity index (χ3n) is 1.64. The van der Waals surface area contributed by atoms with Gasteiger partial charge in [0.2, 0.25) is 5.91 Å². The average molecular weight is 187 g/mol. The third kappa shape index (κ3) is 5.19. The van der Waals surface area contributed by atoms with Crippen molar-refractivity contribution >= 4 is 11.9 Å². The van der Waals surface area contributed by atoms with Crippen molar-refractivity contribution in [3.8, 4) is 0 Å². The van der Waals surface area contributed by atoms with Gasteiger partial charge in [-0.1, -0.05) is 6.92 Å². The number of hydrogen-bond acceptors (Lipinski definition) is 3. The highest BCUT2D eigenvalue weighted by molar-refractivity contribution is 5.96. The zero-order valence-electron chi connectivity index (χ0n) is 8.26. The van der Waals surface area contributed by atoms with Crippen LogP contribution in [0.4, 0.5) is 4.79 Å². The maximum absolute atomic E-state index is 11.0. The molecule has 0 saturated carbocycles. The minimum Gasteiger partial charge on any atom is -0.335 e. The number of imide groups is 1. The summed E-state index contributed by atoms with van der Waals surface area (Å²) in [5.74, 6) is -0.471. The summed E-state index contributed by atoms with van der Waals surface area (Å²) in [6, 6.07) is -1.10. The Balaban J connectivity index is 3.81. The minimum atomic E-state index is -0.664. The molecule has 0 aromatic carbocycles. The van der Waals surface area contributed by atoms with Crippen LogP contribution in [0.2, 0.25) is 0 Å². The van der Waals surface area contributed by atoms with Crippen LogP contribution in [0.1, 0.15) is 27.2 Å². The molecule has 0 spiro atoms. The molecule has 0 rings (SSSR count). The summed E-state index contributed by atoms with van der Waals surface area (Å²) < 4.78 is 0. The first-order valence-electron chi connectivity index (χ1n) is 4.34. The molecule has 4 N–H and O–H groups in total. The zero-order chi connectivity index (χ0) is 10.4. The number of nitrogens with one attached hydrogen (secondary N) is 2. The van der Waals surface area contributed by atoms with Gasteiger partial charge in [-0.15, -0.1) is 0 Å². The van der Waals surface area contributed by atoms with Gasteiger partial charge in [-0.25, -0.2) is 4.79 Å². The number of amides is 3. The van der Waals surface area contributed by atoms with Crippen LogP contribution in [0.3, 0.4) is 0 Å². The number of rotatable bonds is 3. The Bertz CT molecular complexity index is 192. The lowest BCUT2D eigenvalue weighted by molar-refractivity contribution is -0.120. The quantitative estimate of drug-likeness (QED) is 0.579. The Morgan fingerprint density at radius 2 is 1.92 bits per heavy atom. The number of carbonyl (C=O) groups is 2. The molecule has 0 aliphatic carbocycles.